The number of carbonyl (C=O) groups is 1. The lowest BCUT2D eigenvalue weighted by Crippen LogP contribution is -2.44. The Bertz CT molecular complexity index is 267. The maximum absolute atomic E-state index is 11.6. The smallest absolute Gasteiger partial charge is 0.407 e. The van der Waals surface area contributed by atoms with Crippen molar-refractivity contribution in [3.05, 3.63) is 0 Å². The fraction of sp³-hybridized carbons (Fsp3) is 0.929. The zero-order valence-corrected chi connectivity index (χ0v) is 12.4. The van der Waals surface area contributed by atoms with Crippen LogP contribution in [0.3, 0.4) is 0 Å². The minimum absolute atomic E-state index is 0.320. The van der Waals surface area contributed by atoms with Crippen molar-refractivity contribution in [2.75, 3.05) is 13.1 Å². The molecular formula is C14H28N2O2. The molecule has 106 valence electrons. The fourth-order valence-corrected chi connectivity index (χ4v) is 1.80. The van der Waals surface area contributed by atoms with E-state index in [1.807, 2.05) is 20.8 Å². The summed E-state index contributed by atoms with van der Waals surface area (Å²) < 4.78 is 5.24. The standard InChI is InChI=1S/C14H28N2O2/c1-10(2)8-15-12(11-6-7-11)9-16-13(17)18-14(3,4)5/h10-12,15H,6-9H2,1-5H3,(H,16,17). The molecule has 1 fully saturated rings. The first-order valence-electron chi connectivity index (χ1n) is 6.98. The second kappa shape index (κ2) is 6.41. The molecule has 1 aliphatic carbocycles. The Hall–Kier alpha value is -0.770. The number of ether oxygens (including phenoxy) is 1. The van der Waals surface area contributed by atoms with Crippen LogP contribution in [0.2, 0.25) is 0 Å². The zero-order valence-electron chi connectivity index (χ0n) is 12.4. The van der Waals surface area contributed by atoms with Crippen LogP contribution in [0.15, 0.2) is 0 Å². The number of hydrogen-bond acceptors (Lipinski definition) is 3. The molecule has 4 heteroatoms. The molecule has 1 rings (SSSR count). The van der Waals surface area contributed by atoms with Gasteiger partial charge in [0.2, 0.25) is 0 Å². The van der Waals surface area contributed by atoms with E-state index < -0.39 is 5.60 Å². The molecule has 1 saturated carbocycles. The molecule has 0 aromatic rings. The molecule has 0 saturated heterocycles. The molecule has 1 atom stereocenters. The van der Waals surface area contributed by atoms with Gasteiger partial charge in [-0.1, -0.05) is 13.8 Å². The van der Waals surface area contributed by atoms with Crippen LogP contribution in [-0.4, -0.2) is 30.8 Å². The minimum atomic E-state index is -0.426. The van der Waals surface area contributed by atoms with Crippen LogP contribution in [0.5, 0.6) is 0 Å². The van der Waals surface area contributed by atoms with E-state index >= 15 is 0 Å². The average molecular weight is 256 g/mol. The van der Waals surface area contributed by atoms with Gasteiger partial charge in [0.05, 0.1) is 0 Å². The number of amides is 1. The molecule has 0 heterocycles. The number of hydrogen-bond donors (Lipinski definition) is 2. The van der Waals surface area contributed by atoms with Gasteiger partial charge in [-0.05, 0) is 52.0 Å². The van der Waals surface area contributed by atoms with Crippen LogP contribution in [0.4, 0.5) is 4.79 Å². The molecule has 1 aliphatic rings. The molecule has 0 aromatic heterocycles. The van der Waals surface area contributed by atoms with Crippen LogP contribution in [-0.2, 0) is 4.74 Å². The zero-order chi connectivity index (χ0) is 13.8. The molecule has 1 unspecified atom stereocenters. The van der Waals surface area contributed by atoms with Crippen molar-refractivity contribution in [1.82, 2.24) is 10.6 Å². The van der Waals surface area contributed by atoms with Crippen molar-refractivity contribution in [3.63, 3.8) is 0 Å². The van der Waals surface area contributed by atoms with Gasteiger partial charge < -0.3 is 15.4 Å². The number of nitrogens with one attached hydrogen (secondary N) is 2. The van der Waals surface area contributed by atoms with Gasteiger partial charge in [-0.3, -0.25) is 0 Å². The van der Waals surface area contributed by atoms with E-state index in [0.717, 1.165) is 12.5 Å². The maximum Gasteiger partial charge on any atom is 0.407 e. The maximum atomic E-state index is 11.6. The summed E-state index contributed by atoms with van der Waals surface area (Å²) in [5.74, 6) is 1.35. The van der Waals surface area contributed by atoms with Gasteiger partial charge in [-0.15, -0.1) is 0 Å². The first-order chi connectivity index (χ1) is 8.28. The van der Waals surface area contributed by atoms with Gasteiger partial charge in [-0.2, -0.15) is 0 Å². The number of carbonyl (C=O) groups excluding carboxylic acids is 1. The Labute approximate surface area is 111 Å². The third kappa shape index (κ3) is 6.84. The highest BCUT2D eigenvalue weighted by Crippen LogP contribution is 2.32. The summed E-state index contributed by atoms with van der Waals surface area (Å²) in [6.45, 7) is 11.7. The van der Waals surface area contributed by atoms with E-state index in [9.17, 15) is 4.79 Å². The summed E-state index contributed by atoms with van der Waals surface area (Å²) in [7, 11) is 0. The number of rotatable bonds is 6. The van der Waals surface area contributed by atoms with Crippen LogP contribution < -0.4 is 10.6 Å². The van der Waals surface area contributed by atoms with Crippen LogP contribution in [0.1, 0.15) is 47.5 Å². The van der Waals surface area contributed by atoms with Crippen molar-refractivity contribution >= 4 is 6.09 Å². The topological polar surface area (TPSA) is 50.4 Å². The van der Waals surface area contributed by atoms with Crippen LogP contribution >= 0.6 is 0 Å². The molecule has 0 aliphatic heterocycles. The lowest BCUT2D eigenvalue weighted by molar-refractivity contribution is 0.0521. The lowest BCUT2D eigenvalue weighted by Gasteiger charge is -2.23. The molecular weight excluding hydrogens is 228 g/mol. The van der Waals surface area contributed by atoms with E-state index in [0.29, 0.717) is 18.5 Å². The van der Waals surface area contributed by atoms with Gasteiger partial charge >= 0.3 is 6.09 Å². The van der Waals surface area contributed by atoms with Crippen molar-refractivity contribution in [3.8, 4) is 0 Å². The Morgan fingerprint density at radius 1 is 1.28 bits per heavy atom. The summed E-state index contributed by atoms with van der Waals surface area (Å²) in [6, 6.07) is 0.389. The molecule has 4 nitrogen and oxygen atoms in total. The Kier molecular flexibility index (Phi) is 5.45. The summed E-state index contributed by atoms with van der Waals surface area (Å²) in [5.41, 5.74) is -0.426. The van der Waals surface area contributed by atoms with E-state index in [-0.39, 0.29) is 6.09 Å². The normalized spacial score (nSPS) is 17.7. The predicted octanol–water partition coefficient (Wildman–Crippen LogP) is 2.54. The third-order valence-corrected chi connectivity index (χ3v) is 2.84. The van der Waals surface area contributed by atoms with Gasteiger partial charge in [0.1, 0.15) is 5.60 Å². The summed E-state index contributed by atoms with van der Waals surface area (Å²) >= 11 is 0. The number of alkyl carbamates (subject to hydrolysis) is 1. The molecule has 1 amide bonds. The highest BCUT2D eigenvalue weighted by atomic mass is 16.6. The Balaban J connectivity index is 2.27. The largest absolute Gasteiger partial charge is 0.444 e. The van der Waals surface area contributed by atoms with Crippen LogP contribution in [0, 0.1) is 11.8 Å². The lowest BCUT2D eigenvalue weighted by atomic mass is 10.1. The first kappa shape index (κ1) is 15.3. The summed E-state index contributed by atoms with van der Waals surface area (Å²) in [4.78, 5) is 11.6. The second-order valence-corrected chi connectivity index (χ2v) is 6.63. The molecule has 2 N–H and O–H groups in total. The summed E-state index contributed by atoms with van der Waals surface area (Å²) in [5, 5.41) is 6.39. The first-order valence-corrected chi connectivity index (χ1v) is 6.98. The predicted molar refractivity (Wildman–Crippen MR) is 73.6 cm³/mol. The van der Waals surface area contributed by atoms with Gasteiger partial charge in [0.15, 0.2) is 0 Å². The van der Waals surface area contributed by atoms with Crippen molar-refractivity contribution in [1.29, 1.82) is 0 Å². The van der Waals surface area contributed by atoms with Gasteiger partial charge in [0.25, 0.3) is 0 Å². The van der Waals surface area contributed by atoms with Gasteiger partial charge in [0, 0.05) is 12.6 Å². The molecule has 0 radical (unpaired) electrons. The molecule has 18 heavy (non-hydrogen) atoms. The molecule has 0 aromatic carbocycles. The van der Waals surface area contributed by atoms with Crippen molar-refractivity contribution in [2.45, 2.75) is 59.1 Å². The van der Waals surface area contributed by atoms with E-state index in [1.165, 1.54) is 12.8 Å². The van der Waals surface area contributed by atoms with Crippen molar-refractivity contribution < 1.29 is 9.53 Å². The monoisotopic (exact) mass is 256 g/mol. The Morgan fingerprint density at radius 2 is 1.89 bits per heavy atom. The van der Waals surface area contributed by atoms with Crippen molar-refractivity contribution in [2.24, 2.45) is 11.8 Å². The molecule has 0 bridgehead atoms. The molecule has 0 spiro atoms. The fourth-order valence-electron chi connectivity index (χ4n) is 1.80. The highest BCUT2D eigenvalue weighted by Gasteiger charge is 2.31. The highest BCUT2D eigenvalue weighted by molar-refractivity contribution is 5.67. The van der Waals surface area contributed by atoms with E-state index in [2.05, 4.69) is 24.5 Å². The van der Waals surface area contributed by atoms with E-state index in [4.69, 9.17) is 4.74 Å². The average Bonchev–Trinajstić information content (AvgIpc) is 2.98. The van der Waals surface area contributed by atoms with Crippen LogP contribution in [0.25, 0.3) is 0 Å². The SMILES string of the molecule is CC(C)CNC(CNC(=O)OC(C)(C)C)C1CC1. The second-order valence-electron chi connectivity index (χ2n) is 6.63. The third-order valence-electron chi connectivity index (χ3n) is 2.84. The van der Waals surface area contributed by atoms with E-state index in [1.54, 1.807) is 0 Å². The summed E-state index contributed by atoms with van der Waals surface area (Å²) in [6.07, 6.45) is 2.22. The minimum Gasteiger partial charge on any atom is -0.444 e. The van der Waals surface area contributed by atoms with Gasteiger partial charge in [-0.25, -0.2) is 4.79 Å². The Morgan fingerprint density at radius 3 is 2.33 bits per heavy atom. The quantitative estimate of drug-likeness (QED) is 0.768.